The molecule has 1 rings (SSSR count). The topological polar surface area (TPSA) is 29.5 Å². The molecule has 1 fully saturated rings. The zero-order chi connectivity index (χ0) is 7.40. The van der Waals surface area contributed by atoms with Gasteiger partial charge in [-0.25, -0.2) is 4.79 Å². The number of rotatable bonds is 1. The Morgan fingerprint density at radius 3 is 2.40 bits per heavy atom. The van der Waals surface area contributed by atoms with Crippen LogP contribution in [0.4, 0.5) is 4.79 Å². The summed E-state index contributed by atoms with van der Waals surface area (Å²) in [7, 11) is 0. The first-order chi connectivity index (χ1) is 4.79. The Balaban J connectivity index is 2.19. The Morgan fingerprint density at radius 2 is 1.90 bits per heavy atom. The number of hydrogen-bond acceptors (Lipinski definition) is 3. The summed E-state index contributed by atoms with van der Waals surface area (Å²) < 4.78 is 0. The molecule has 0 aliphatic carbocycles. The van der Waals surface area contributed by atoms with Gasteiger partial charge < -0.3 is 4.84 Å². The highest BCUT2D eigenvalue weighted by Gasteiger charge is 2.12. The van der Waals surface area contributed by atoms with Crippen LogP contribution in [0, 0.1) is 0 Å². The minimum Gasteiger partial charge on any atom is -0.355 e. The number of nitrogens with zero attached hydrogens (tertiary/aromatic N) is 1. The van der Waals surface area contributed by atoms with Crippen molar-refractivity contribution in [2.75, 3.05) is 13.1 Å². The standard InChI is InChI=1S/C6H10ClNO2/c7-6(9)10-8-4-2-1-3-5-8/h1-5H2. The third-order valence-corrected chi connectivity index (χ3v) is 1.58. The Bertz CT molecular complexity index is 123. The van der Waals surface area contributed by atoms with Crippen molar-refractivity contribution in [3.8, 4) is 0 Å². The van der Waals surface area contributed by atoms with Gasteiger partial charge in [-0.1, -0.05) is 6.42 Å². The maximum absolute atomic E-state index is 10.2. The number of carbonyl (C=O) groups excluding carboxylic acids is 1. The highest BCUT2D eigenvalue weighted by atomic mass is 35.5. The maximum atomic E-state index is 10.2. The molecule has 0 aromatic carbocycles. The second kappa shape index (κ2) is 3.78. The molecule has 0 saturated carbocycles. The van der Waals surface area contributed by atoms with Crippen LogP contribution in [0.2, 0.25) is 0 Å². The molecular formula is C6H10ClNO2. The van der Waals surface area contributed by atoms with Crippen LogP contribution in [0.1, 0.15) is 19.3 Å². The predicted molar refractivity (Wildman–Crippen MR) is 37.8 cm³/mol. The molecule has 3 nitrogen and oxygen atoms in total. The van der Waals surface area contributed by atoms with Gasteiger partial charge in [-0.3, -0.25) is 0 Å². The van der Waals surface area contributed by atoms with Crippen LogP contribution in [0.5, 0.6) is 0 Å². The average molecular weight is 164 g/mol. The lowest BCUT2D eigenvalue weighted by Crippen LogP contribution is -2.30. The highest BCUT2D eigenvalue weighted by molar-refractivity contribution is 6.61. The van der Waals surface area contributed by atoms with Crippen molar-refractivity contribution in [1.29, 1.82) is 0 Å². The van der Waals surface area contributed by atoms with Crippen LogP contribution < -0.4 is 0 Å². The predicted octanol–water partition coefficient (Wildman–Crippen LogP) is 1.76. The summed E-state index contributed by atoms with van der Waals surface area (Å²) in [5, 5.41) is 1.61. The fourth-order valence-corrected chi connectivity index (χ4v) is 1.16. The smallest absolute Gasteiger partial charge is 0.355 e. The molecule has 10 heavy (non-hydrogen) atoms. The maximum Gasteiger partial charge on any atom is 0.422 e. The fourth-order valence-electron chi connectivity index (χ4n) is 1.06. The van der Waals surface area contributed by atoms with Crippen molar-refractivity contribution in [1.82, 2.24) is 5.06 Å². The van der Waals surface area contributed by atoms with E-state index in [4.69, 9.17) is 11.6 Å². The lowest BCUT2D eigenvalue weighted by atomic mass is 10.2. The van der Waals surface area contributed by atoms with Gasteiger partial charge in [-0.2, -0.15) is 0 Å². The summed E-state index contributed by atoms with van der Waals surface area (Å²) in [5.41, 5.74) is -0.734. The minimum atomic E-state index is -0.734. The van der Waals surface area contributed by atoms with Crippen LogP contribution in [0.15, 0.2) is 0 Å². The molecule has 0 aromatic heterocycles. The fraction of sp³-hybridized carbons (Fsp3) is 0.833. The van der Waals surface area contributed by atoms with E-state index in [0.717, 1.165) is 25.9 Å². The Morgan fingerprint density at radius 1 is 1.30 bits per heavy atom. The zero-order valence-corrected chi connectivity index (χ0v) is 6.43. The lowest BCUT2D eigenvalue weighted by molar-refractivity contribution is -0.100. The SMILES string of the molecule is O=C(Cl)ON1CCCCC1. The van der Waals surface area contributed by atoms with Crippen LogP contribution in [-0.2, 0) is 4.84 Å². The third-order valence-electron chi connectivity index (χ3n) is 1.52. The van der Waals surface area contributed by atoms with Gasteiger partial charge in [-0.05, 0) is 12.8 Å². The van der Waals surface area contributed by atoms with E-state index < -0.39 is 5.43 Å². The Hall–Kier alpha value is -0.280. The molecule has 0 N–H and O–H groups in total. The van der Waals surface area contributed by atoms with E-state index in [-0.39, 0.29) is 0 Å². The van der Waals surface area contributed by atoms with Crippen LogP contribution in [0.3, 0.4) is 0 Å². The molecule has 0 unspecified atom stereocenters. The summed E-state index contributed by atoms with van der Waals surface area (Å²) in [6, 6.07) is 0. The van der Waals surface area contributed by atoms with E-state index in [1.165, 1.54) is 6.42 Å². The van der Waals surface area contributed by atoms with Crippen molar-refractivity contribution in [2.45, 2.75) is 19.3 Å². The van der Waals surface area contributed by atoms with Crippen molar-refractivity contribution in [2.24, 2.45) is 0 Å². The van der Waals surface area contributed by atoms with Gasteiger partial charge in [0, 0.05) is 24.7 Å². The van der Waals surface area contributed by atoms with E-state index in [9.17, 15) is 4.79 Å². The quantitative estimate of drug-likeness (QED) is 0.552. The molecule has 0 spiro atoms. The zero-order valence-electron chi connectivity index (χ0n) is 5.68. The summed E-state index contributed by atoms with van der Waals surface area (Å²) in [4.78, 5) is 14.9. The number of halogens is 1. The van der Waals surface area contributed by atoms with Crippen LogP contribution in [-0.4, -0.2) is 23.6 Å². The molecule has 1 heterocycles. The normalized spacial score (nSPS) is 20.5. The molecule has 1 saturated heterocycles. The lowest BCUT2D eigenvalue weighted by Gasteiger charge is -2.23. The second-order valence-electron chi connectivity index (χ2n) is 2.32. The monoisotopic (exact) mass is 163 g/mol. The van der Waals surface area contributed by atoms with Gasteiger partial charge in [0.15, 0.2) is 0 Å². The number of piperidine rings is 1. The van der Waals surface area contributed by atoms with Gasteiger partial charge in [-0.15, -0.1) is 5.06 Å². The van der Waals surface area contributed by atoms with E-state index in [1.54, 1.807) is 5.06 Å². The van der Waals surface area contributed by atoms with Crippen molar-refractivity contribution in [3.63, 3.8) is 0 Å². The van der Waals surface area contributed by atoms with E-state index in [2.05, 4.69) is 4.84 Å². The summed E-state index contributed by atoms with van der Waals surface area (Å²) >= 11 is 5.01. The minimum absolute atomic E-state index is 0.734. The van der Waals surface area contributed by atoms with E-state index in [0.29, 0.717) is 0 Å². The number of hydrogen-bond donors (Lipinski definition) is 0. The molecule has 0 amide bonds. The molecule has 0 atom stereocenters. The first-order valence-electron chi connectivity index (χ1n) is 3.41. The van der Waals surface area contributed by atoms with Crippen LogP contribution in [0.25, 0.3) is 0 Å². The van der Waals surface area contributed by atoms with Crippen LogP contribution >= 0.6 is 11.6 Å². The molecule has 0 radical (unpaired) electrons. The molecule has 0 bridgehead atoms. The molecule has 58 valence electrons. The Labute approximate surface area is 64.9 Å². The number of hydroxylamine groups is 2. The number of carbonyl (C=O) groups is 1. The van der Waals surface area contributed by atoms with Gasteiger partial charge in [0.1, 0.15) is 0 Å². The molecule has 1 aliphatic rings. The molecule has 4 heteroatoms. The first kappa shape index (κ1) is 7.82. The second-order valence-corrected chi connectivity index (χ2v) is 2.63. The summed E-state index contributed by atoms with van der Waals surface area (Å²) in [6.45, 7) is 1.64. The van der Waals surface area contributed by atoms with Crippen molar-refractivity contribution >= 4 is 17.0 Å². The average Bonchev–Trinajstić information content (AvgIpc) is 1.88. The summed E-state index contributed by atoms with van der Waals surface area (Å²) in [6.07, 6.45) is 3.39. The van der Waals surface area contributed by atoms with Gasteiger partial charge in [0.2, 0.25) is 0 Å². The first-order valence-corrected chi connectivity index (χ1v) is 3.79. The molecule has 0 aromatic rings. The third kappa shape index (κ3) is 2.54. The van der Waals surface area contributed by atoms with E-state index >= 15 is 0 Å². The van der Waals surface area contributed by atoms with Crippen molar-refractivity contribution < 1.29 is 9.63 Å². The van der Waals surface area contributed by atoms with Gasteiger partial charge >= 0.3 is 5.43 Å². The Kier molecular flexibility index (Phi) is 2.96. The summed E-state index contributed by atoms with van der Waals surface area (Å²) in [5.74, 6) is 0. The van der Waals surface area contributed by atoms with Crippen molar-refractivity contribution in [3.05, 3.63) is 0 Å². The van der Waals surface area contributed by atoms with Gasteiger partial charge in [0.25, 0.3) is 0 Å². The molecule has 1 aliphatic heterocycles. The highest BCUT2D eigenvalue weighted by Crippen LogP contribution is 2.09. The van der Waals surface area contributed by atoms with Gasteiger partial charge in [0.05, 0.1) is 0 Å². The van der Waals surface area contributed by atoms with E-state index in [1.807, 2.05) is 0 Å². The largest absolute Gasteiger partial charge is 0.422 e. The molecular weight excluding hydrogens is 154 g/mol.